The number of hydrogen-bond donors (Lipinski definition) is 2. The first-order chi connectivity index (χ1) is 10.5. The Kier molecular flexibility index (Phi) is 5.66. The van der Waals surface area contributed by atoms with Crippen LogP contribution in [0.3, 0.4) is 0 Å². The zero-order valence-corrected chi connectivity index (χ0v) is 13.6. The number of carbonyl (C=O) groups excluding carboxylic acids is 1. The molecule has 0 aliphatic rings. The number of benzene rings is 2. The van der Waals surface area contributed by atoms with Crippen LogP contribution >= 0.6 is 34.8 Å². The van der Waals surface area contributed by atoms with E-state index in [1.807, 2.05) is 0 Å². The monoisotopic (exact) mass is 355 g/mol. The first kappa shape index (κ1) is 16.6. The first-order valence-electron chi connectivity index (χ1n) is 6.25. The maximum atomic E-state index is 12.2. The number of nitrogens with one attached hydrogen (secondary N) is 1. The highest BCUT2D eigenvalue weighted by Crippen LogP contribution is 2.23. The van der Waals surface area contributed by atoms with Crippen molar-refractivity contribution < 1.29 is 4.79 Å². The highest BCUT2D eigenvalue weighted by atomic mass is 35.5. The highest BCUT2D eigenvalue weighted by Gasteiger charge is 2.11. The van der Waals surface area contributed by atoms with Gasteiger partial charge in [-0.1, -0.05) is 29.3 Å². The zero-order chi connectivity index (χ0) is 16.1. The van der Waals surface area contributed by atoms with Gasteiger partial charge in [-0.15, -0.1) is 11.6 Å². The van der Waals surface area contributed by atoms with Crippen LogP contribution in [0.5, 0.6) is 0 Å². The minimum Gasteiger partial charge on any atom is -0.386 e. The molecule has 0 aliphatic heterocycles. The molecule has 7 heteroatoms. The number of nitrogens with zero attached hydrogens (tertiary/aromatic N) is 1. The summed E-state index contributed by atoms with van der Waals surface area (Å²) in [6.45, 7) is 0. The molecule has 0 unspecified atom stereocenters. The number of rotatable bonds is 4. The fourth-order valence-electron chi connectivity index (χ4n) is 1.72. The maximum Gasteiger partial charge on any atom is 0.257 e. The standard InChI is InChI=1S/C15H12Cl3N3O/c16-8-14(19)20-10-2-1-3-11(7-10)21-15(22)12-5-4-9(17)6-13(12)18/h1-7H,8H2,(H2,19,20)(H,21,22). The van der Waals surface area contributed by atoms with Gasteiger partial charge >= 0.3 is 0 Å². The van der Waals surface area contributed by atoms with Crippen LogP contribution in [-0.2, 0) is 0 Å². The number of amides is 1. The summed E-state index contributed by atoms with van der Waals surface area (Å²) in [5.41, 5.74) is 7.08. The van der Waals surface area contributed by atoms with Crippen LogP contribution in [0.15, 0.2) is 47.5 Å². The highest BCUT2D eigenvalue weighted by molar-refractivity contribution is 6.37. The Balaban J connectivity index is 2.20. The average Bonchev–Trinajstić information content (AvgIpc) is 2.47. The van der Waals surface area contributed by atoms with Gasteiger partial charge in [-0.3, -0.25) is 4.79 Å². The number of hydrogen-bond acceptors (Lipinski definition) is 2. The van der Waals surface area contributed by atoms with E-state index in [1.165, 1.54) is 6.07 Å². The average molecular weight is 357 g/mol. The van der Waals surface area contributed by atoms with E-state index in [9.17, 15) is 4.79 Å². The van der Waals surface area contributed by atoms with Crippen LogP contribution < -0.4 is 11.1 Å². The molecule has 0 fully saturated rings. The topological polar surface area (TPSA) is 67.5 Å². The van der Waals surface area contributed by atoms with E-state index >= 15 is 0 Å². The Morgan fingerprint density at radius 2 is 1.95 bits per heavy atom. The van der Waals surface area contributed by atoms with Crippen LogP contribution in [0.25, 0.3) is 0 Å². The third-order valence-electron chi connectivity index (χ3n) is 2.69. The molecule has 0 radical (unpaired) electrons. The molecule has 0 aromatic heterocycles. The lowest BCUT2D eigenvalue weighted by atomic mass is 10.2. The van der Waals surface area contributed by atoms with Crippen molar-refractivity contribution in [1.29, 1.82) is 0 Å². The molecule has 2 aromatic rings. The minimum absolute atomic E-state index is 0.136. The summed E-state index contributed by atoms with van der Waals surface area (Å²) >= 11 is 17.4. The summed E-state index contributed by atoms with van der Waals surface area (Å²) in [5, 5.41) is 3.49. The summed E-state index contributed by atoms with van der Waals surface area (Å²) in [4.78, 5) is 16.3. The van der Waals surface area contributed by atoms with E-state index in [4.69, 9.17) is 40.5 Å². The normalized spacial score (nSPS) is 11.3. The summed E-state index contributed by atoms with van der Waals surface area (Å²) in [7, 11) is 0. The van der Waals surface area contributed by atoms with Crippen LogP contribution in [0, 0.1) is 0 Å². The lowest BCUT2D eigenvalue weighted by Gasteiger charge is -2.08. The van der Waals surface area contributed by atoms with Gasteiger partial charge in [0.1, 0.15) is 5.84 Å². The van der Waals surface area contributed by atoms with Gasteiger partial charge in [0, 0.05) is 10.7 Å². The van der Waals surface area contributed by atoms with E-state index in [0.717, 1.165) is 0 Å². The number of carbonyl (C=O) groups is 1. The van der Waals surface area contributed by atoms with E-state index in [-0.39, 0.29) is 16.8 Å². The second-order valence-electron chi connectivity index (χ2n) is 4.37. The number of alkyl halides is 1. The van der Waals surface area contributed by atoms with E-state index in [1.54, 1.807) is 36.4 Å². The van der Waals surface area contributed by atoms with Gasteiger partial charge in [0.2, 0.25) is 0 Å². The third-order valence-corrected chi connectivity index (χ3v) is 3.51. The molecule has 0 saturated heterocycles. The molecule has 4 nitrogen and oxygen atoms in total. The van der Waals surface area contributed by atoms with E-state index < -0.39 is 0 Å². The molecule has 114 valence electrons. The van der Waals surface area contributed by atoms with Gasteiger partial charge < -0.3 is 11.1 Å². The van der Waals surface area contributed by atoms with Crippen molar-refractivity contribution in [3.63, 3.8) is 0 Å². The minimum atomic E-state index is -0.340. The molecular formula is C15H12Cl3N3O. The number of halogens is 3. The largest absolute Gasteiger partial charge is 0.386 e. The van der Waals surface area contributed by atoms with E-state index in [0.29, 0.717) is 27.8 Å². The molecule has 2 rings (SSSR count). The van der Waals surface area contributed by atoms with Crippen molar-refractivity contribution >= 4 is 57.9 Å². The van der Waals surface area contributed by atoms with Gasteiger partial charge in [-0.2, -0.15) is 0 Å². The van der Waals surface area contributed by atoms with Crippen LogP contribution in [0.1, 0.15) is 10.4 Å². The number of nitrogens with two attached hydrogens (primary N) is 1. The smallest absolute Gasteiger partial charge is 0.257 e. The number of anilines is 1. The first-order valence-corrected chi connectivity index (χ1v) is 7.54. The van der Waals surface area contributed by atoms with Crippen molar-refractivity contribution in [2.24, 2.45) is 10.7 Å². The Hall–Kier alpha value is -1.75. The molecule has 0 saturated carbocycles. The fourth-order valence-corrected chi connectivity index (χ4v) is 2.28. The summed E-state index contributed by atoms with van der Waals surface area (Å²) < 4.78 is 0. The quantitative estimate of drug-likeness (QED) is 0.482. The molecule has 2 aromatic carbocycles. The lowest BCUT2D eigenvalue weighted by Crippen LogP contribution is -2.13. The molecule has 1 amide bonds. The zero-order valence-electron chi connectivity index (χ0n) is 11.3. The van der Waals surface area contributed by atoms with Crippen molar-refractivity contribution in [2.45, 2.75) is 0 Å². The Bertz CT molecular complexity index is 732. The molecule has 3 N–H and O–H groups in total. The molecule has 0 heterocycles. The third kappa shape index (κ3) is 4.37. The van der Waals surface area contributed by atoms with E-state index in [2.05, 4.69) is 10.3 Å². The van der Waals surface area contributed by atoms with Gasteiger partial charge in [-0.25, -0.2) is 4.99 Å². The Labute approximate surface area is 142 Å². The summed E-state index contributed by atoms with van der Waals surface area (Å²) in [6, 6.07) is 11.6. The second kappa shape index (κ2) is 7.49. The maximum absolute atomic E-state index is 12.2. The van der Waals surface area contributed by atoms with Gasteiger partial charge in [0.05, 0.1) is 22.2 Å². The molecule has 0 aliphatic carbocycles. The van der Waals surface area contributed by atoms with Crippen LogP contribution in [-0.4, -0.2) is 17.6 Å². The molecule has 22 heavy (non-hydrogen) atoms. The number of aliphatic imine (C=N–C) groups is 1. The van der Waals surface area contributed by atoms with Crippen molar-refractivity contribution in [2.75, 3.05) is 11.2 Å². The summed E-state index contributed by atoms with van der Waals surface area (Å²) in [6.07, 6.45) is 0. The van der Waals surface area contributed by atoms with Crippen molar-refractivity contribution in [1.82, 2.24) is 0 Å². The molecule has 0 spiro atoms. The molecular weight excluding hydrogens is 345 g/mol. The second-order valence-corrected chi connectivity index (χ2v) is 5.48. The molecule has 0 bridgehead atoms. The van der Waals surface area contributed by atoms with Gasteiger partial charge in [0.25, 0.3) is 5.91 Å². The molecule has 0 atom stereocenters. The van der Waals surface area contributed by atoms with Gasteiger partial charge in [-0.05, 0) is 36.4 Å². The summed E-state index contributed by atoms with van der Waals surface area (Å²) in [5.74, 6) is 0.0933. The number of amidine groups is 1. The van der Waals surface area contributed by atoms with Crippen LogP contribution in [0.4, 0.5) is 11.4 Å². The predicted octanol–water partition coefficient (Wildman–Crippen LogP) is 4.47. The van der Waals surface area contributed by atoms with Crippen molar-refractivity contribution in [3.8, 4) is 0 Å². The fraction of sp³-hybridized carbons (Fsp3) is 0.0667. The Morgan fingerprint density at radius 3 is 2.64 bits per heavy atom. The van der Waals surface area contributed by atoms with Crippen molar-refractivity contribution in [3.05, 3.63) is 58.1 Å². The van der Waals surface area contributed by atoms with Gasteiger partial charge in [0.15, 0.2) is 0 Å². The van der Waals surface area contributed by atoms with Crippen LogP contribution in [0.2, 0.25) is 10.0 Å². The lowest BCUT2D eigenvalue weighted by molar-refractivity contribution is 0.102. The SMILES string of the molecule is NC(CCl)=Nc1cccc(NC(=O)c2ccc(Cl)cc2Cl)c1. The Morgan fingerprint density at radius 1 is 1.18 bits per heavy atom. The predicted molar refractivity (Wildman–Crippen MR) is 92.9 cm³/mol.